The summed E-state index contributed by atoms with van der Waals surface area (Å²) in [5.41, 5.74) is 1.20. The summed E-state index contributed by atoms with van der Waals surface area (Å²) in [7, 11) is 1.97. The summed E-state index contributed by atoms with van der Waals surface area (Å²) in [5.74, 6) is 0. The minimum Gasteiger partial charge on any atom is -0.174 e. The Morgan fingerprint density at radius 1 is 1.27 bits per heavy atom. The molecule has 0 fully saturated rings. The van der Waals surface area contributed by atoms with Gasteiger partial charge in [0.2, 0.25) is 5.52 Å². The standard InChI is InChI=1S/C8H7ClNS.CHF3/c1-10-6-4-2-3-5-7(6)11-8(10)9;2-1(3)4/h2-5H,1H3;1H/q+1;. The Hall–Kier alpha value is -0.810. The van der Waals surface area contributed by atoms with Crippen LogP contribution in [-0.4, -0.2) is 6.68 Å². The molecule has 0 bridgehead atoms. The van der Waals surface area contributed by atoms with Gasteiger partial charge in [-0.05, 0) is 17.4 Å². The Morgan fingerprint density at radius 3 is 2.33 bits per heavy atom. The van der Waals surface area contributed by atoms with Gasteiger partial charge in [0.25, 0.3) is 0 Å². The van der Waals surface area contributed by atoms with Crippen molar-refractivity contribution in [2.24, 2.45) is 7.05 Å². The first-order valence-corrected chi connectivity index (χ1v) is 5.17. The number of halogens is 4. The van der Waals surface area contributed by atoms with Gasteiger partial charge in [-0.3, -0.25) is 0 Å². The molecule has 1 nitrogen and oxygen atoms in total. The van der Waals surface area contributed by atoms with Crippen LogP contribution in [0.25, 0.3) is 10.2 Å². The largest absolute Gasteiger partial charge is 0.379 e. The van der Waals surface area contributed by atoms with Crippen LogP contribution in [0.2, 0.25) is 4.47 Å². The van der Waals surface area contributed by atoms with Crippen molar-refractivity contribution in [1.29, 1.82) is 0 Å². The molecule has 0 radical (unpaired) electrons. The molecule has 0 amide bonds. The lowest BCUT2D eigenvalue weighted by Gasteiger charge is -1.81. The zero-order valence-corrected chi connectivity index (χ0v) is 9.33. The van der Waals surface area contributed by atoms with Crippen molar-refractivity contribution in [2.75, 3.05) is 0 Å². The summed E-state index contributed by atoms with van der Waals surface area (Å²) in [6.07, 6.45) is 0. The molecule has 15 heavy (non-hydrogen) atoms. The number of para-hydroxylation sites is 1. The minimum atomic E-state index is -3.67. The first kappa shape index (κ1) is 12.3. The number of nitrogens with zero attached hydrogens (tertiary/aromatic N) is 1. The van der Waals surface area contributed by atoms with Gasteiger partial charge >= 0.3 is 11.1 Å². The van der Waals surface area contributed by atoms with E-state index in [0.717, 1.165) is 4.47 Å². The SMILES string of the molecule is C[n+]1c(Cl)sc2ccccc21.FC(F)F. The normalized spacial score (nSPS) is 10.3. The number of aromatic nitrogens is 1. The van der Waals surface area contributed by atoms with E-state index in [4.69, 9.17) is 11.6 Å². The lowest BCUT2D eigenvalue weighted by molar-refractivity contribution is -0.638. The van der Waals surface area contributed by atoms with Crippen molar-refractivity contribution in [3.63, 3.8) is 0 Å². The highest BCUT2D eigenvalue weighted by Gasteiger charge is 2.12. The van der Waals surface area contributed by atoms with Crippen LogP contribution in [0.3, 0.4) is 0 Å². The molecule has 2 rings (SSSR count). The molecule has 0 aliphatic rings. The molecule has 2 aromatic rings. The Morgan fingerprint density at radius 2 is 1.80 bits per heavy atom. The van der Waals surface area contributed by atoms with E-state index in [1.807, 2.05) is 23.7 Å². The van der Waals surface area contributed by atoms with Crippen molar-refractivity contribution < 1.29 is 17.7 Å². The molecule has 0 unspecified atom stereocenters. The van der Waals surface area contributed by atoms with Gasteiger partial charge in [0.1, 0.15) is 11.7 Å². The lowest BCUT2D eigenvalue weighted by Crippen LogP contribution is -2.26. The number of alkyl halides is 3. The molecule has 1 heterocycles. The van der Waals surface area contributed by atoms with Crippen LogP contribution < -0.4 is 4.57 Å². The highest BCUT2D eigenvalue weighted by molar-refractivity contribution is 7.21. The molecule has 0 atom stereocenters. The summed E-state index contributed by atoms with van der Waals surface area (Å²) < 4.78 is 33.0. The molecular formula is C9H8ClF3NS+. The van der Waals surface area contributed by atoms with E-state index in [2.05, 4.69) is 12.1 Å². The molecule has 6 heteroatoms. The smallest absolute Gasteiger partial charge is 0.174 e. The monoisotopic (exact) mass is 254 g/mol. The Bertz CT molecular complexity index is 441. The maximum atomic E-state index is 9.67. The van der Waals surface area contributed by atoms with Gasteiger partial charge in [-0.2, -0.15) is 17.7 Å². The van der Waals surface area contributed by atoms with Gasteiger partial charge in [-0.25, -0.2) is 0 Å². The molecule has 0 N–H and O–H groups in total. The molecule has 0 spiro atoms. The average Bonchev–Trinajstić information content (AvgIpc) is 2.43. The topological polar surface area (TPSA) is 3.88 Å². The molecule has 0 saturated carbocycles. The van der Waals surface area contributed by atoms with E-state index in [1.54, 1.807) is 11.3 Å². The van der Waals surface area contributed by atoms with Gasteiger partial charge in [-0.1, -0.05) is 12.1 Å². The van der Waals surface area contributed by atoms with Crippen LogP contribution in [0, 0.1) is 0 Å². The second-order valence-electron chi connectivity index (χ2n) is 2.63. The minimum absolute atomic E-state index is 0.825. The van der Waals surface area contributed by atoms with Crippen LogP contribution in [-0.2, 0) is 7.05 Å². The quantitative estimate of drug-likeness (QED) is 0.633. The predicted octanol–water partition coefficient (Wildman–Crippen LogP) is 3.56. The summed E-state index contributed by atoms with van der Waals surface area (Å²) in [6.45, 7) is -3.67. The second kappa shape index (κ2) is 5.32. The summed E-state index contributed by atoms with van der Waals surface area (Å²) in [4.78, 5) is 0. The predicted molar refractivity (Wildman–Crippen MR) is 55.1 cm³/mol. The van der Waals surface area contributed by atoms with Crippen molar-refractivity contribution >= 4 is 33.2 Å². The number of rotatable bonds is 0. The number of hydrogen-bond acceptors (Lipinski definition) is 1. The maximum Gasteiger partial charge on any atom is 0.379 e. The lowest BCUT2D eigenvalue weighted by atomic mass is 10.3. The van der Waals surface area contributed by atoms with Gasteiger partial charge in [-0.15, -0.1) is 0 Å². The van der Waals surface area contributed by atoms with Crippen LogP contribution in [0.5, 0.6) is 0 Å². The fraction of sp³-hybridized carbons (Fsp3) is 0.222. The van der Waals surface area contributed by atoms with E-state index in [0.29, 0.717) is 0 Å². The number of benzene rings is 1. The van der Waals surface area contributed by atoms with Crippen molar-refractivity contribution in [2.45, 2.75) is 6.68 Å². The van der Waals surface area contributed by atoms with Gasteiger partial charge in [0.15, 0.2) is 0 Å². The number of hydrogen-bond donors (Lipinski definition) is 0. The zero-order valence-electron chi connectivity index (χ0n) is 7.75. The molecular weight excluding hydrogens is 247 g/mol. The molecule has 1 aromatic carbocycles. The first-order chi connectivity index (χ1) is 7.02. The summed E-state index contributed by atoms with van der Waals surface area (Å²) in [5, 5.41) is 0. The Kier molecular flexibility index (Phi) is 4.35. The fourth-order valence-corrected chi connectivity index (χ4v) is 2.29. The second-order valence-corrected chi connectivity index (χ2v) is 4.24. The third kappa shape index (κ3) is 3.35. The third-order valence-corrected chi connectivity index (χ3v) is 3.18. The number of aryl methyl sites for hydroxylation is 1. The fourth-order valence-electron chi connectivity index (χ4n) is 1.07. The van der Waals surface area contributed by atoms with Gasteiger partial charge < -0.3 is 0 Å². The first-order valence-electron chi connectivity index (χ1n) is 3.97. The molecule has 0 aliphatic carbocycles. The number of fused-ring (bicyclic) bond motifs is 1. The zero-order chi connectivity index (χ0) is 11.4. The third-order valence-electron chi connectivity index (χ3n) is 1.68. The van der Waals surface area contributed by atoms with Crippen LogP contribution >= 0.6 is 22.9 Å². The van der Waals surface area contributed by atoms with E-state index in [9.17, 15) is 13.2 Å². The van der Waals surface area contributed by atoms with E-state index in [-0.39, 0.29) is 0 Å². The van der Waals surface area contributed by atoms with Crippen LogP contribution in [0.4, 0.5) is 13.2 Å². The molecule has 82 valence electrons. The molecule has 0 saturated heterocycles. The Labute approximate surface area is 93.7 Å². The molecule has 0 aliphatic heterocycles. The van der Waals surface area contributed by atoms with Crippen molar-refractivity contribution in [3.8, 4) is 0 Å². The highest BCUT2D eigenvalue weighted by atomic mass is 35.5. The van der Waals surface area contributed by atoms with Crippen LogP contribution in [0.15, 0.2) is 24.3 Å². The summed E-state index contributed by atoms with van der Waals surface area (Å²) >= 11 is 7.54. The average molecular weight is 255 g/mol. The maximum absolute atomic E-state index is 9.67. The van der Waals surface area contributed by atoms with Crippen LogP contribution in [0.1, 0.15) is 0 Å². The van der Waals surface area contributed by atoms with E-state index < -0.39 is 6.68 Å². The number of thiazole rings is 1. The molecule has 1 aromatic heterocycles. The van der Waals surface area contributed by atoms with Crippen molar-refractivity contribution in [3.05, 3.63) is 28.7 Å². The summed E-state index contributed by atoms with van der Waals surface area (Å²) in [6, 6.07) is 8.18. The van der Waals surface area contributed by atoms with E-state index in [1.165, 1.54) is 10.2 Å². The van der Waals surface area contributed by atoms with Gasteiger partial charge in [0.05, 0.1) is 0 Å². The van der Waals surface area contributed by atoms with Crippen molar-refractivity contribution in [1.82, 2.24) is 0 Å². The van der Waals surface area contributed by atoms with E-state index >= 15 is 0 Å². The van der Waals surface area contributed by atoms with Gasteiger partial charge in [0, 0.05) is 17.7 Å². The highest BCUT2D eigenvalue weighted by Crippen LogP contribution is 2.22. The Balaban J connectivity index is 0.000000245.